The smallest absolute Gasteiger partial charge is 0.122 e. The van der Waals surface area contributed by atoms with Gasteiger partial charge in [-0.2, -0.15) is 0 Å². The molecule has 27 heavy (non-hydrogen) atoms. The lowest BCUT2D eigenvalue weighted by atomic mass is 9.88. The van der Waals surface area contributed by atoms with Crippen molar-refractivity contribution < 1.29 is 4.74 Å². The van der Waals surface area contributed by atoms with Crippen LogP contribution in [0, 0.1) is 0 Å². The Labute approximate surface area is 162 Å². The van der Waals surface area contributed by atoms with E-state index in [-0.39, 0.29) is 0 Å². The molecule has 2 aromatic carbocycles. The summed E-state index contributed by atoms with van der Waals surface area (Å²) in [6.07, 6.45) is 6.20. The first kappa shape index (κ1) is 17.1. The highest BCUT2D eigenvalue weighted by molar-refractivity contribution is 5.68. The predicted molar refractivity (Wildman–Crippen MR) is 111 cm³/mol. The van der Waals surface area contributed by atoms with Crippen molar-refractivity contribution in [3.63, 3.8) is 0 Å². The minimum atomic E-state index is 0.707. The number of fused-ring (bicyclic) bond motifs is 3. The van der Waals surface area contributed by atoms with Gasteiger partial charge in [0.25, 0.3) is 0 Å². The Hall–Kier alpha value is -2.00. The molecule has 1 saturated heterocycles. The topological polar surface area (TPSA) is 15.7 Å². The third-order valence-electron chi connectivity index (χ3n) is 6.86. The summed E-state index contributed by atoms with van der Waals surface area (Å²) in [4.78, 5) is 5.46. The second-order valence-corrected chi connectivity index (χ2v) is 8.33. The van der Waals surface area contributed by atoms with Crippen LogP contribution in [-0.4, -0.2) is 44.2 Å². The molecule has 0 saturated carbocycles. The number of likely N-dealkylation sites (tertiary alicyclic amines) is 1. The van der Waals surface area contributed by atoms with Crippen LogP contribution in [0.15, 0.2) is 42.5 Å². The quantitative estimate of drug-likeness (QED) is 0.791. The van der Waals surface area contributed by atoms with E-state index in [0.717, 1.165) is 18.2 Å². The number of benzene rings is 2. The predicted octanol–water partition coefficient (Wildman–Crippen LogP) is 4.25. The highest BCUT2D eigenvalue weighted by Gasteiger charge is 2.43. The summed E-state index contributed by atoms with van der Waals surface area (Å²) in [5.74, 6) is 1.74. The Kier molecular flexibility index (Phi) is 4.56. The normalized spacial score (nSPS) is 23.8. The lowest BCUT2D eigenvalue weighted by Crippen LogP contribution is -2.47. The van der Waals surface area contributed by atoms with Gasteiger partial charge in [-0.3, -0.25) is 0 Å². The summed E-state index contributed by atoms with van der Waals surface area (Å²) in [6.45, 7) is 4.92. The van der Waals surface area contributed by atoms with Crippen LogP contribution in [0.25, 0.3) is 0 Å². The maximum atomic E-state index is 5.51. The molecule has 3 heteroatoms. The fraction of sp³-hybridized carbons (Fsp3) is 0.500. The molecule has 0 bridgehead atoms. The number of ether oxygens (including phenoxy) is 1. The van der Waals surface area contributed by atoms with Crippen molar-refractivity contribution in [3.05, 3.63) is 59.2 Å². The van der Waals surface area contributed by atoms with Crippen LogP contribution in [0.5, 0.6) is 5.75 Å². The van der Waals surface area contributed by atoms with Gasteiger partial charge in [0.15, 0.2) is 0 Å². The van der Waals surface area contributed by atoms with Crippen molar-refractivity contribution >= 4 is 5.69 Å². The van der Waals surface area contributed by atoms with E-state index in [2.05, 4.69) is 52.3 Å². The SMILES string of the molecule is COc1ccccc1CCCN1CC[C@@H]2[C@H](C1)c1cccc3c1N2CCC3. The number of para-hydroxylation sites is 2. The number of hydrogen-bond donors (Lipinski definition) is 0. The molecule has 3 nitrogen and oxygen atoms in total. The van der Waals surface area contributed by atoms with Gasteiger partial charge in [0, 0.05) is 37.3 Å². The summed E-state index contributed by atoms with van der Waals surface area (Å²) < 4.78 is 5.51. The first-order valence-electron chi connectivity index (χ1n) is 10.6. The minimum absolute atomic E-state index is 0.707. The van der Waals surface area contributed by atoms with Crippen molar-refractivity contribution in [2.45, 2.75) is 44.1 Å². The van der Waals surface area contributed by atoms with Crippen molar-refractivity contribution in [3.8, 4) is 5.75 Å². The number of nitrogens with zero attached hydrogens (tertiary/aromatic N) is 2. The monoisotopic (exact) mass is 362 g/mol. The average molecular weight is 363 g/mol. The average Bonchev–Trinajstić information content (AvgIpc) is 3.04. The molecule has 142 valence electrons. The first-order valence-corrected chi connectivity index (χ1v) is 10.6. The number of aryl methyl sites for hydroxylation is 2. The van der Waals surface area contributed by atoms with Gasteiger partial charge in [-0.15, -0.1) is 0 Å². The molecule has 5 rings (SSSR count). The van der Waals surface area contributed by atoms with Crippen LogP contribution in [0.4, 0.5) is 5.69 Å². The van der Waals surface area contributed by atoms with Gasteiger partial charge in [0.1, 0.15) is 5.75 Å². The van der Waals surface area contributed by atoms with Gasteiger partial charge in [-0.1, -0.05) is 36.4 Å². The van der Waals surface area contributed by atoms with E-state index in [0.29, 0.717) is 5.92 Å². The molecule has 0 spiro atoms. The summed E-state index contributed by atoms with van der Waals surface area (Å²) in [6, 6.07) is 16.2. The van der Waals surface area contributed by atoms with Crippen LogP contribution in [0.1, 0.15) is 41.9 Å². The number of anilines is 1. The molecular formula is C24H30N2O. The molecule has 0 radical (unpaired) electrons. The van der Waals surface area contributed by atoms with Gasteiger partial charge >= 0.3 is 0 Å². The molecule has 0 aliphatic carbocycles. The van der Waals surface area contributed by atoms with Gasteiger partial charge in [0.05, 0.1) is 7.11 Å². The highest BCUT2D eigenvalue weighted by atomic mass is 16.5. The molecule has 0 amide bonds. The number of methoxy groups -OCH3 is 1. The van der Waals surface area contributed by atoms with Gasteiger partial charge in [0.2, 0.25) is 0 Å². The summed E-state index contributed by atoms with van der Waals surface area (Å²) >= 11 is 0. The van der Waals surface area contributed by atoms with Gasteiger partial charge < -0.3 is 14.5 Å². The third kappa shape index (κ3) is 3.02. The summed E-state index contributed by atoms with van der Waals surface area (Å²) in [5.41, 5.74) is 6.17. The van der Waals surface area contributed by atoms with Crippen LogP contribution >= 0.6 is 0 Å². The van der Waals surface area contributed by atoms with Gasteiger partial charge in [-0.25, -0.2) is 0 Å². The van der Waals surface area contributed by atoms with Crippen LogP contribution in [-0.2, 0) is 12.8 Å². The van der Waals surface area contributed by atoms with Crippen molar-refractivity contribution in [2.75, 3.05) is 38.2 Å². The van der Waals surface area contributed by atoms with E-state index in [9.17, 15) is 0 Å². The lowest BCUT2D eigenvalue weighted by molar-refractivity contribution is 0.191. The molecular weight excluding hydrogens is 332 g/mol. The zero-order chi connectivity index (χ0) is 18.2. The molecule has 2 atom stereocenters. The fourth-order valence-electron chi connectivity index (χ4n) is 5.64. The van der Waals surface area contributed by atoms with Crippen LogP contribution in [0.3, 0.4) is 0 Å². The van der Waals surface area contributed by atoms with Crippen molar-refractivity contribution in [1.29, 1.82) is 0 Å². The fourth-order valence-corrected chi connectivity index (χ4v) is 5.64. The van der Waals surface area contributed by atoms with E-state index in [4.69, 9.17) is 4.74 Å². The Morgan fingerprint density at radius 2 is 2.00 bits per heavy atom. The number of piperidine rings is 1. The molecule has 3 heterocycles. The lowest BCUT2D eigenvalue weighted by Gasteiger charge is -2.40. The van der Waals surface area contributed by atoms with E-state index >= 15 is 0 Å². The second kappa shape index (κ2) is 7.20. The third-order valence-corrected chi connectivity index (χ3v) is 6.86. The molecule has 0 aromatic heterocycles. The summed E-state index contributed by atoms with van der Waals surface area (Å²) in [5, 5.41) is 0. The van der Waals surface area contributed by atoms with Crippen LogP contribution < -0.4 is 9.64 Å². The Morgan fingerprint density at radius 1 is 1.07 bits per heavy atom. The summed E-state index contributed by atoms with van der Waals surface area (Å²) in [7, 11) is 1.77. The standard InChI is InChI=1S/C24H30N2O/c1-27-23-12-3-2-7-18(23)9-5-14-25-16-13-22-21(17-25)20-11-4-8-19-10-6-15-26(22)24(19)20/h2-4,7-8,11-12,21-22H,5-6,9-10,13-17H2,1H3/t21-,22-/m1/s1. The Morgan fingerprint density at radius 3 is 2.93 bits per heavy atom. The molecule has 2 aromatic rings. The number of hydrogen-bond acceptors (Lipinski definition) is 3. The molecule has 3 aliphatic heterocycles. The maximum Gasteiger partial charge on any atom is 0.122 e. The van der Waals surface area contributed by atoms with Crippen molar-refractivity contribution in [1.82, 2.24) is 4.90 Å². The van der Waals surface area contributed by atoms with Crippen molar-refractivity contribution in [2.24, 2.45) is 0 Å². The van der Waals surface area contributed by atoms with E-state index in [1.165, 1.54) is 57.4 Å². The Balaban J connectivity index is 1.25. The maximum absolute atomic E-state index is 5.51. The molecule has 3 aliphatic rings. The largest absolute Gasteiger partial charge is 0.496 e. The minimum Gasteiger partial charge on any atom is -0.496 e. The first-order chi connectivity index (χ1) is 13.3. The van der Waals surface area contributed by atoms with Crippen LogP contribution in [0.2, 0.25) is 0 Å². The van der Waals surface area contributed by atoms with E-state index < -0.39 is 0 Å². The molecule has 0 unspecified atom stereocenters. The zero-order valence-electron chi connectivity index (χ0n) is 16.4. The highest BCUT2D eigenvalue weighted by Crippen LogP contribution is 2.48. The zero-order valence-corrected chi connectivity index (χ0v) is 16.4. The number of rotatable bonds is 5. The van der Waals surface area contributed by atoms with E-state index in [1.807, 2.05) is 0 Å². The molecule has 1 fully saturated rings. The molecule has 0 N–H and O–H groups in total. The van der Waals surface area contributed by atoms with E-state index in [1.54, 1.807) is 23.9 Å². The Bertz CT molecular complexity index is 818. The van der Waals surface area contributed by atoms with Gasteiger partial charge in [-0.05, 0) is 61.4 Å². The second-order valence-electron chi connectivity index (χ2n) is 8.33.